The lowest BCUT2D eigenvalue weighted by molar-refractivity contribution is -0.151. The zero-order chi connectivity index (χ0) is 25.8. The molecule has 37 heavy (non-hydrogen) atoms. The zero-order valence-electron chi connectivity index (χ0n) is 21.9. The van der Waals surface area contributed by atoms with Gasteiger partial charge in [-0.25, -0.2) is 0 Å². The van der Waals surface area contributed by atoms with Crippen LogP contribution >= 0.6 is 0 Å². The molecule has 2 aromatic rings. The first-order valence-corrected chi connectivity index (χ1v) is 13.4. The Morgan fingerprint density at radius 2 is 1.76 bits per heavy atom. The maximum atomic E-state index is 13.6. The van der Waals surface area contributed by atoms with Crippen LogP contribution in [0.4, 0.5) is 5.69 Å². The fourth-order valence-corrected chi connectivity index (χ4v) is 5.24. The Labute approximate surface area is 219 Å². The van der Waals surface area contributed by atoms with Gasteiger partial charge in [-0.2, -0.15) is 0 Å². The van der Waals surface area contributed by atoms with E-state index in [2.05, 4.69) is 30.9 Å². The van der Waals surface area contributed by atoms with Gasteiger partial charge in [0.15, 0.2) is 11.5 Å². The van der Waals surface area contributed by atoms with Gasteiger partial charge in [0.05, 0.1) is 6.61 Å². The van der Waals surface area contributed by atoms with Crippen molar-refractivity contribution in [2.75, 3.05) is 50.9 Å². The maximum Gasteiger partial charge on any atom is 0.253 e. The third-order valence-corrected chi connectivity index (χ3v) is 7.03. The number of benzene rings is 2. The van der Waals surface area contributed by atoms with Crippen molar-refractivity contribution in [3.05, 3.63) is 53.6 Å². The van der Waals surface area contributed by atoms with Crippen molar-refractivity contribution in [3.63, 3.8) is 0 Å². The largest absolute Gasteiger partial charge is 0.486 e. The Bertz CT molecular complexity index is 1100. The van der Waals surface area contributed by atoms with Crippen molar-refractivity contribution in [1.29, 1.82) is 0 Å². The number of hydrogen-bond donors (Lipinski definition) is 0. The number of morpholine rings is 1. The molecule has 0 bridgehead atoms. The Morgan fingerprint density at radius 1 is 1.00 bits per heavy atom. The summed E-state index contributed by atoms with van der Waals surface area (Å²) in [5.41, 5.74) is 3.14. The number of anilines is 1. The van der Waals surface area contributed by atoms with Gasteiger partial charge in [-0.3, -0.25) is 14.5 Å². The highest BCUT2D eigenvalue weighted by atomic mass is 16.6. The summed E-state index contributed by atoms with van der Waals surface area (Å²) in [7, 11) is 0. The first kappa shape index (κ1) is 25.5. The molecule has 3 heterocycles. The molecule has 198 valence electrons. The normalized spacial score (nSPS) is 19.9. The summed E-state index contributed by atoms with van der Waals surface area (Å²) < 4.78 is 17.4. The molecule has 2 aromatic carbocycles. The Morgan fingerprint density at radius 3 is 2.49 bits per heavy atom. The number of nitrogens with zero attached hydrogens (tertiary/aromatic N) is 3. The van der Waals surface area contributed by atoms with Gasteiger partial charge in [-0.05, 0) is 47.7 Å². The molecule has 0 radical (unpaired) electrons. The fraction of sp³-hybridized carbons (Fsp3) is 0.517. The molecule has 1 unspecified atom stereocenters. The van der Waals surface area contributed by atoms with E-state index >= 15 is 0 Å². The second kappa shape index (κ2) is 11.5. The molecular weight excluding hydrogens is 470 g/mol. The highest BCUT2D eigenvalue weighted by Gasteiger charge is 2.31. The molecule has 2 saturated heterocycles. The van der Waals surface area contributed by atoms with E-state index in [1.54, 1.807) is 0 Å². The minimum absolute atomic E-state index is 0.0242. The van der Waals surface area contributed by atoms with E-state index in [0.717, 1.165) is 48.8 Å². The number of carbonyl (C=O) groups excluding carboxylic acids is 2. The molecule has 0 spiro atoms. The Hall–Kier alpha value is -3.10. The van der Waals surface area contributed by atoms with E-state index in [1.807, 2.05) is 40.1 Å². The molecule has 2 fully saturated rings. The van der Waals surface area contributed by atoms with Gasteiger partial charge >= 0.3 is 0 Å². The summed E-state index contributed by atoms with van der Waals surface area (Å²) in [5, 5.41) is 0. The van der Waals surface area contributed by atoms with Gasteiger partial charge < -0.3 is 24.0 Å². The standard InChI is InChI=1S/C29H37N3O5/c1-21(2)17-31(19-23-7-10-25-26(16-23)37-15-14-36-25)29(34)27-20-30(12-13-35-27)18-22-5-8-24(9-6-22)32-11-3-4-28(32)33/h5-10,16,21,27H,3-4,11-15,17-20H2,1-2H3. The van der Waals surface area contributed by atoms with Crippen LogP contribution in [-0.4, -0.2) is 73.7 Å². The molecule has 3 aliphatic rings. The van der Waals surface area contributed by atoms with E-state index in [-0.39, 0.29) is 11.8 Å². The summed E-state index contributed by atoms with van der Waals surface area (Å²) in [5.74, 6) is 2.05. The van der Waals surface area contributed by atoms with Crippen LogP contribution in [0, 0.1) is 5.92 Å². The molecule has 0 saturated carbocycles. The molecule has 0 aliphatic carbocycles. The molecule has 8 heteroatoms. The number of ether oxygens (including phenoxy) is 3. The summed E-state index contributed by atoms with van der Waals surface area (Å²) in [6, 6.07) is 14.1. The van der Waals surface area contributed by atoms with Crippen LogP contribution < -0.4 is 14.4 Å². The second-order valence-corrected chi connectivity index (χ2v) is 10.5. The van der Waals surface area contributed by atoms with Gasteiger partial charge in [0.2, 0.25) is 5.91 Å². The number of carbonyl (C=O) groups is 2. The van der Waals surface area contributed by atoms with E-state index in [0.29, 0.717) is 51.8 Å². The van der Waals surface area contributed by atoms with E-state index < -0.39 is 6.10 Å². The monoisotopic (exact) mass is 507 g/mol. The summed E-state index contributed by atoms with van der Waals surface area (Å²) in [4.78, 5) is 31.7. The highest BCUT2D eigenvalue weighted by Crippen LogP contribution is 2.31. The van der Waals surface area contributed by atoms with E-state index in [4.69, 9.17) is 14.2 Å². The van der Waals surface area contributed by atoms with E-state index in [9.17, 15) is 9.59 Å². The van der Waals surface area contributed by atoms with Crippen molar-refractivity contribution >= 4 is 17.5 Å². The average molecular weight is 508 g/mol. The second-order valence-electron chi connectivity index (χ2n) is 10.5. The van der Waals surface area contributed by atoms with Crippen LogP contribution in [0.2, 0.25) is 0 Å². The highest BCUT2D eigenvalue weighted by molar-refractivity contribution is 5.95. The minimum Gasteiger partial charge on any atom is -0.486 e. The lowest BCUT2D eigenvalue weighted by Gasteiger charge is -2.35. The molecule has 0 N–H and O–H groups in total. The van der Waals surface area contributed by atoms with Crippen molar-refractivity contribution in [2.45, 2.75) is 45.9 Å². The first-order valence-electron chi connectivity index (χ1n) is 13.4. The van der Waals surface area contributed by atoms with Crippen LogP contribution in [0.15, 0.2) is 42.5 Å². The zero-order valence-corrected chi connectivity index (χ0v) is 21.9. The average Bonchev–Trinajstić information content (AvgIpc) is 3.34. The minimum atomic E-state index is -0.494. The summed E-state index contributed by atoms with van der Waals surface area (Å²) >= 11 is 0. The Kier molecular flexibility index (Phi) is 7.96. The molecule has 0 aromatic heterocycles. The SMILES string of the molecule is CC(C)CN(Cc1ccc2c(c1)OCCO2)C(=O)C1CN(Cc2ccc(N3CCCC3=O)cc2)CCO1. The Balaban J connectivity index is 1.22. The van der Waals surface area contributed by atoms with Crippen LogP contribution in [0.25, 0.3) is 0 Å². The molecule has 2 amide bonds. The van der Waals surface area contributed by atoms with Crippen molar-refractivity contribution < 1.29 is 23.8 Å². The number of amides is 2. The predicted molar refractivity (Wildman–Crippen MR) is 141 cm³/mol. The third kappa shape index (κ3) is 6.25. The van der Waals surface area contributed by atoms with Gasteiger partial charge in [-0.15, -0.1) is 0 Å². The van der Waals surface area contributed by atoms with Gasteiger partial charge in [-0.1, -0.05) is 32.0 Å². The van der Waals surface area contributed by atoms with Crippen LogP contribution in [0.3, 0.4) is 0 Å². The third-order valence-electron chi connectivity index (χ3n) is 7.03. The fourth-order valence-electron chi connectivity index (χ4n) is 5.24. The summed E-state index contributed by atoms with van der Waals surface area (Å²) in [6.45, 7) is 9.90. The first-order chi connectivity index (χ1) is 18.0. The number of rotatable bonds is 8. The maximum absolute atomic E-state index is 13.6. The van der Waals surface area contributed by atoms with Crippen molar-refractivity contribution in [2.24, 2.45) is 5.92 Å². The topological polar surface area (TPSA) is 71.6 Å². The molecule has 3 aliphatic heterocycles. The van der Waals surface area contributed by atoms with E-state index in [1.165, 1.54) is 5.56 Å². The molecular formula is C29H37N3O5. The van der Waals surface area contributed by atoms with Gasteiger partial charge in [0, 0.05) is 51.4 Å². The summed E-state index contributed by atoms with van der Waals surface area (Å²) in [6.07, 6.45) is 1.06. The lowest BCUT2D eigenvalue weighted by Crippen LogP contribution is -2.51. The van der Waals surface area contributed by atoms with Crippen LogP contribution in [0.1, 0.15) is 37.8 Å². The molecule has 8 nitrogen and oxygen atoms in total. The van der Waals surface area contributed by atoms with Crippen molar-refractivity contribution in [1.82, 2.24) is 9.80 Å². The smallest absolute Gasteiger partial charge is 0.253 e. The van der Waals surface area contributed by atoms with Gasteiger partial charge in [0.25, 0.3) is 5.91 Å². The number of hydrogen-bond acceptors (Lipinski definition) is 6. The van der Waals surface area contributed by atoms with Gasteiger partial charge in [0.1, 0.15) is 19.3 Å². The predicted octanol–water partition coefficient (Wildman–Crippen LogP) is 3.47. The van der Waals surface area contributed by atoms with Crippen LogP contribution in [-0.2, 0) is 27.4 Å². The quantitative estimate of drug-likeness (QED) is 0.545. The van der Waals surface area contributed by atoms with Crippen molar-refractivity contribution in [3.8, 4) is 11.5 Å². The molecule has 5 rings (SSSR count). The lowest BCUT2D eigenvalue weighted by atomic mass is 10.1. The van der Waals surface area contributed by atoms with Crippen LogP contribution in [0.5, 0.6) is 11.5 Å². The molecule has 1 atom stereocenters. The number of fused-ring (bicyclic) bond motifs is 1.